The van der Waals surface area contributed by atoms with E-state index in [-0.39, 0.29) is 10.8 Å². The van der Waals surface area contributed by atoms with E-state index in [1.807, 2.05) is 0 Å². The van der Waals surface area contributed by atoms with Crippen molar-refractivity contribution in [2.45, 2.75) is 6.92 Å². The van der Waals surface area contributed by atoms with E-state index in [4.69, 9.17) is 4.52 Å². The van der Waals surface area contributed by atoms with Crippen molar-refractivity contribution in [3.8, 4) is 0 Å². The minimum absolute atomic E-state index is 0.150. The van der Waals surface area contributed by atoms with Crippen LogP contribution >= 0.6 is 11.3 Å². The lowest BCUT2D eigenvalue weighted by Gasteiger charge is -1.92. The number of hydrogen-bond donors (Lipinski definition) is 1. The van der Waals surface area contributed by atoms with Crippen LogP contribution in [0.4, 0.5) is 4.39 Å². The number of thiophene rings is 1. The number of hydrogen-bond acceptors (Lipinski definition) is 5. The maximum Gasteiger partial charge on any atom is 0.293 e. The Morgan fingerprint density at radius 1 is 1.65 bits per heavy atom. The topological polar surface area (TPSA) is 67.5 Å². The van der Waals surface area contributed by atoms with Gasteiger partial charge in [0.15, 0.2) is 10.8 Å². The van der Waals surface area contributed by atoms with Gasteiger partial charge in [0.05, 0.1) is 11.1 Å². The molecule has 1 N–H and O–H groups in total. The van der Waals surface area contributed by atoms with Crippen molar-refractivity contribution in [1.29, 1.82) is 0 Å². The Bertz CT molecular complexity index is 561. The van der Waals surface area contributed by atoms with Gasteiger partial charge in [-0.05, 0) is 19.1 Å². The Hall–Kier alpha value is -2.02. The first-order valence-electron chi connectivity index (χ1n) is 4.67. The molecule has 0 saturated heterocycles. The first-order chi connectivity index (χ1) is 8.15. The SMILES string of the molecule is Cc1cc(C(=O)N/N=C\c2ccc(F)s2)no1. The molecule has 88 valence electrons. The van der Waals surface area contributed by atoms with Gasteiger partial charge in [-0.2, -0.15) is 9.49 Å². The molecule has 0 radical (unpaired) electrons. The molecule has 0 atom stereocenters. The number of nitrogens with one attached hydrogen (secondary N) is 1. The molecule has 0 aliphatic rings. The minimum Gasteiger partial charge on any atom is -0.361 e. The Balaban J connectivity index is 1.94. The predicted molar refractivity (Wildman–Crippen MR) is 60.6 cm³/mol. The molecular weight excluding hydrogens is 245 g/mol. The zero-order valence-electron chi connectivity index (χ0n) is 8.81. The second kappa shape index (κ2) is 4.88. The van der Waals surface area contributed by atoms with Gasteiger partial charge >= 0.3 is 0 Å². The number of nitrogens with zero attached hydrogens (tertiary/aromatic N) is 2. The number of carbonyl (C=O) groups is 1. The van der Waals surface area contributed by atoms with Crippen LogP contribution in [0.2, 0.25) is 0 Å². The molecule has 1 amide bonds. The van der Waals surface area contributed by atoms with Gasteiger partial charge in [-0.1, -0.05) is 5.16 Å². The Kier molecular flexibility index (Phi) is 3.29. The average molecular weight is 253 g/mol. The Morgan fingerprint density at radius 3 is 3.06 bits per heavy atom. The van der Waals surface area contributed by atoms with Gasteiger partial charge in [0.1, 0.15) is 5.76 Å². The summed E-state index contributed by atoms with van der Waals surface area (Å²) in [4.78, 5) is 12.0. The van der Waals surface area contributed by atoms with Crippen LogP contribution in [0.5, 0.6) is 0 Å². The molecule has 2 rings (SSSR count). The van der Waals surface area contributed by atoms with Gasteiger partial charge in [-0.15, -0.1) is 11.3 Å². The van der Waals surface area contributed by atoms with Gasteiger partial charge in [0.2, 0.25) is 0 Å². The van der Waals surface area contributed by atoms with Gasteiger partial charge in [-0.25, -0.2) is 5.43 Å². The van der Waals surface area contributed by atoms with Crippen LogP contribution in [-0.2, 0) is 0 Å². The number of aryl methyl sites for hydroxylation is 1. The van der Waals surface area contributed by atoms with Crippen LogP contribution in [0.1, 0.15) is 21.1 Å². The molecule has 0 aliphatic heterocycles. The summed E-state index contributed by atoms with van der Waals surface area (Å²) < 4.78 is 17.4. The van der Waals surface area contributed by atoms with Gasteiger partial charge in [0, 0.05) is 6.07 Å². The summed E-state index contributed by atoms with van der Waals surface area (Å²) in [6, 6.07) is 4.39. The van der Waals surface area contributed by atoms with E-state index in [0.717, 1.165) is 11.3 Å². The van der Waals surface area contributed by atoms with E-state index < -0.39 is 5.91 Å². The van der Waals surface area contributed by atoms with E-state index >= 15 is 0 Å². The van der Waals surface area contributed by atoms with Crippen LogP contribution in [0.25, 0.3) is 0 Å². The smallest absolute Gasteiger partial charge is 0.293 e. The third-order valence-corrected chi connectivity index (χ3v) is 2.62. The molecule has 0 saturated carbocycles. The molecule has 0 aliphatic carbocycles. The normalized spacial score (nSPS) is 10.9. The minimum atomic E-state index is -0.477. The average Bonchev–Trinajstić information content (AvgIpc) is 2.88. The largest absolute Gasteiger partial charge is 0.361 e. The molecule has 7 heteroatoms. The van der Waals surface area contributed by atoms with Crippen LogP contribution in [-0.4, -0.2) is 17.3 Å². The molecular formula is C10H8FN3O2S. The highest BCUT2D eigenvalue weighted by Gasteiger charge is 2.09. The number of halogens is 1. The Labute approximate surface area is 99.9 Å². The van der Waals surface area contributed by atoms with Crippen molar-refractivity contribution in [1.82, 2.24) is 10.6 Å². The number of carbonyl (C=O) groups excluding carboxylic acids is 1. The highest BCUT2D eigenvalue weighted by Crippen LogP contribution is 2.11. The third-order valence-electron chi connectivity index (χ3n) is 1.81. The van der Waals surface area contributed by atoms with Crippen molar-refractivity contribution < 1.29 is 13.7 Å². The summed E-state index contributed by atoms with van der Waals surface area (Å²) in [7, 11) is 0. The molecule has 17 heavy (non-hydrogen) atoms. The van der Waals surface area contributed by atoms with E-state index in [2.05, 4.69) is 15.7 Å². The fourth-order valence-electron chi connectivity index (χ4n) is 1.08. The standard InChI is InChI=1S/C10H8FN3O2S/c1-6-4-8(14-16-6)10(15)13-12-5-7-2-3-9(11)17-7/h2-5H,1H3,(H,13,15)/b12-5-. The molecule has 2 aromatic heterocycles. The maximum atomic E-state index is 12.6. The van der Waals surface area contributed by atoms with Crippen molar-refractivity contribution >= 4 is 23.5 Å². The zero-order valence-corrected chi connectivity index (χ0v) is 9.62. The maximum absolute atomic E-state index is 12.6. The second-order valence-electron chi connectivity index (χ2n) is 3.16. The summed E-state index contributed by atoms with van der Waals surface area (Å²) >= 11 is 0.938. The highest BCUT2D eigenvalue weighted by molar-refractivity contribution is 7.12. The van der Waals surface area contributed by atoms with E-state index in [9.17, 15) is 9.18 Å². The molecule has 0 bridgehead atoms. The summed E-state index contributed by atoms with van der Waals surface area (Å²) in [6.07, 6.45) is 1.36. The summed E-state index contributed by atoms with van der Waals surface area (Å²) in [5.74, 6) is 0.0644. The van der Waals surface area contributed by atoms with Gasteiger partial charge in [0.25, 0.3) is 5.91 Å². The molecule has 2 heterocycles. The summed E-state index contributed by atoms with van der Waals surface area (Å²) in [5.41, 5.74) is 2.41. The van der Waals surface area contributed by atoms with E-state index in [0.29, 0.717) is 10.6 Å². The molecule has 0 spiro atoms. The first-order valence-corrected chi connectivity index (χ1v) is 5.49. The number of amides is 1. The molecule has 5 nitrogen and oxygen atoms in total. The lowest BCUT2D eigenvalue weighted by atomic mass is 10.4. The quantitative estimate of drug-likeness (QED) is 0.671. The van der Waals surface area contributed by atoms with Crippen molar-refractivity contribution in [2.24, 2.45) is 5.10 Å². The van der Waals surface area contributed by atoms with E-state index in [1.54, 1.807) is 13.0 Å². The summed E-state index contributed by atoms with van der Waals surface area (Å²) in [5, 5.41) is 6.90. The van der Waals surface area contributed by atoms with Crippen LogP contribution < -0.4 is 5.43 Å². The van der Waals surface area contributed by atoms with Crippen molar-refractivity contribution in [2.75, 3.05) is 0 Å². The van der Waals surface area contributed by atoms with Crippen LogP contribution in [0.15, 0.2) is 27.8 Å². The molecule has 0 unspecified atom stereocenters. The van der Waals surface area contributed by atoms with Gasteiger partial charge < -0.3 is 4.52 Å². The van der Waals surface area contributed by atoms with Crippen LogP contribution in [0.3, 0.4) is 0 Å². The highest BCUT2D eigenvalue weighted by atomic mass is 32.1. The van der Waals surface area contributed by atoms with Gasteiger partial charge in [-0.3, -0.25) is 4.79 Å². The van der Waals surface area contributed by atoms with Crippen molar-refractivity contribution in [3.05, 3.63) is 39.7 Å². The number of aromatic nitrogens is 1. The fourth-order valence-corrected chi connectivity index (χ4v) is 1.69. The Morgan fingerprint density at radius 2 is 2.47 bits per heavy atom. The van der Waals surface area contributed by atoms with Crippen LogP contribution in [0, 0.1) is 12.1 Å². The first kappa shape index (κ1) is 11.5. The second-order valence-corrected chi connectivity index (χ2v) is 4.23. The zero-order chi connectivity index (χ0) is 12.3. The number of rotatable bonds is 3. The molecule has 0 fully saturated rings. The van der Waals surface area contributed by atoms with E-state index in [1.165, 1.54) is 18.3 Å². The summed E-state index contributed by atoms with van der Waals surface area (Å²) in [6.45, 7) is 1.68. The fraction of sp³-hybridized carbons (Fsp3) is 0.100. The predicted octanol–water partition coefficient (Wildman–Crippen LogP) is 1.95. The monoisotopic (exact) mass is 253 g/mol. The molecule has 0 aromatic carbocycles. The number of hydrazone groups is 1. The van der Waals surface area contributed by atoms with Crippen molar-refractivity contribution in [3.63, 3.8) is 0 Å². The molecule has 2 aromatic rings. The lowest BCUT2D eigenvalue weighted by molar-refractivity contribution is 0.0946. The third kappa shape index (κ3) is 2.97. The lowest BCUT2D eigenvalue weighted by Crippen LogP contribution is -2.17.